The highest BCUT2D eigenvalue weighted by Crippen LogP contribution is 2.29. The van der Waals surface area contributed by atoms with Gasteiger partial charge in [0.25, 0.3) is 0 Å². The molecule has 12 heavy (non-hydrogen) atoms. The molecule has 0 N–H and O–H groups in total. The van der Waals surface area contributed by atoms with Gasteiger partial charge in [-0.15, -0.1) is 0 Å². The van der Waals surface area contributed by atoms with Gasteiger partial charge in [-0.3, -0.25) is 0 Å². The normalized spacial score (nSPS) is 16.4. The molecule has 0 spiro atoms. The van der Waals surface area contributed by atoms with Gasteiger partial charge in [0, 0.05) is 26.2 Å². The lowest BCUT2D eigenvalue weighted by Crippen LogP contribution is -2.44. The van der Waals surface area contributed by atoms with E-state index >= 15 is 0 Å². The van der Waals surface area contributed by atoms with Gasteiger partial charge in [-0.1, -0.05) is 0 Å². The first-order valence-electron chi connectivity index (χ1n) is 4.53. The number of carbonyl (C=O) groups is 1. The maximum absolute atomic E-state index is 11.6. The SMILES string of the molecule is CC(C)N(C(=O)N(C)C)C1CC1. The predicted molar refractivity (Wildman–Crippen MR) is 49.1 cm³/mol. The number of urea groups is 1. The summed E-state index contributed by atoms with van der Waals surface area (Å²) in [5.74, 6) is 0. The third kappa shape index (κ3) is 1.90. The Bertz CT molecular complexity index is 171. The van der Waals surface area contributed by atoms with E-state index in [2.05, 4.69) is 13.8 Å². The first kappa shape index (κ1) is 9.36. The Hall–Kier alpha value is -0.730. The minimum Gasteiger partial charge on any atom is -0.331 e. The van der Waals surface area contributed by atoms with Gasteiger partial charge in [0.05, 0.1) is 0 Å². The molecule has 0 aromatic heterocycles. The average molecular weight is 170 g/mol. The van der Waals surface area contributed by atoms with E-state index in [1.165, 1.54) is 12.8 Å². The van der Waals surface area contributed by atoms with Crippen molar-refractivity contribution in [3.63, 3.8) is 0 Å². The predicted octanol–water partition coefficient (Wildman–Crippen LogP) is 1.54. The molecule has 1 fully saturated rings. The fourth-order valence-electron chi connectivity index (χ4n) is 1.38. The van der Waals surface area contributed by atoms with Crippen LogP contribution in [0.25, 0.3) is 0 Å². The van der Waals surface area contributed by atoms with Crippen LogP contribution in [0.1, 0.15) is 26.7 Å². The number of carbonyl (C=O) groups excluding carboxylic acids is 1. The monoisotopic (exact) mass is 170 g/mol. The van der Waals surface area contributed by atoms with Crippen LogP contribution in [-0.2, 0) is 0 Å². The summed E-state index contributed by atoms with van der Waals surface area (Å²) in [7, 11) is 3.61. The summed E-state index contributed by atoms with van der Waals surface area (Å²) in [4.78, 5) is 15.2. The highest BCUT2D eigenvalue weighted by Gasteiger charge is 2.34. The summed E-state index contributed by atoms with van der Waals surface area (Å²) < 4.78 is 0. The maximum Gasteiger partial charge on any atom is 0.319 e. The fourth-order valence-corrected chi connectivity index (χ4v) is 1.38. The molecule has 0 radical (unpaired) electrons. The van der Waals surface area contributed by atoms with Crippen LogP contribution in [0.5, 0.6) is 0 Å². The lowest BCUT2D eigenvalue weighted by Gasteiger charge is -2.29. The van der Waals surface area contributed by atoms with Crippen LogP contribution in [-0.4, -0.2) is 42.0 Å². The van der Waals surface area contributed by atoms with Crippen LogP contribution < -0.4 is 0 Å². The van der Waals surface area contributed by atoms with Crippen molar-refractivity contribution in [2.75, 3.05) is 14.1 Å². The molecule has 1 aliphatic carbocycles. The fraction of sp³-hybridized carbons (Fsp3) is 0.889. The second kappa shape index (κ2) is 3.33. The van der Waals surface area contributed by atoms with Crippen molar-refractivity contribution in [1.29, 1.82) is 0 Å². The minimum absolute atomic E-state index is 0.146. The first-order valence-corrected chi connectivity index (χ1v) is 4.53. The molecule has 3 heteroatoms. The van der Waals surface area contributed by atoms with Crippen molar-refractivity contribution in [1.82, 2.24) is 9.80 Å². The van der Waals surface area contributed by atoms with Crippen LogP contribution in [0.2, 0.25) is 0 Å². The molecule has 3 nitrogen and oxygen atoms in total. The molecular formula is C9H18N2O. The molecule has 0 atom stereocenters. The molecule has 1 aliphatic rings. The summed E-state index contributed by atoms with van der Waals surface area (Å²) in [6, 6.07) is 0.986. The van der Waals surface area contributed by atoms with E-state index in [4.69, 9.17) is 0 Å². The zero-order valence-corrected chi connectivity index (χ0v) is 8.37. The molecule has 0 aromatic carbocycles. The topological polar surface area (TPSA) is 23.6 Å². The third-order valence-corrected chi connectivity index (χ3v) is 2.10. The summed E-state index contributed by atoms with van der Waals surface area (Å²) in [6.45, 7) is 4.14. The van der Waals surface area contributed by atoms with Crippen molar-refractivity contribution >= 4 is 6.03 Å². The molecule has 0 aromatic rings. The molecule has 2 amide bonds. The maximum atomic E-state index is 11.6. The van der Waals surface area contributed by atoms with Crippen LogP contribution >= 0.6 is 0 Å². The van der Waals surface area contributed by atoms with E-state index in [0.717, 1.165) is 0 Å². The zero-order valence-electron chi connectivity index (χ0n) is 8.37. The van der Waals surface area contributed by atoms with E-state index in [9.17, 15) is 4.79 Å². The Morgan fingerprint density at radius 2 is 1.83 bits per heavy atom. The van der Waals surface area contributed by atoms with Crippen molar-refractivity contribution in [2.45, 2.75) is 38.8 Å². The number of nitrogens with zero attached hydrogens (tertiary/aromatic N) is 2. The van der Waals surface area contributed by atoms with E-state index in [1.54, 1.807) is 19.0 Å². The van der Waals surface area contributed by atoms with Crippen LogP contribution in [0.3, 0.4) is 0 Å². The van der Waals surface area contributed by atoms with Gasteiger partial charge in [0.1, 0.15) is 0 Å². The Morgan fingerprint density at radius 1 is 1.33 bits per heavy atom. The van der Waals surface area contributed by atoms with Gasteiger partial charge in [-0.05, 0) is 26.7 Å². The van der Waals surface area contributed by atoms with Crippen LogP contribution in [0, 0.1) is 0 Å². The molecule has 1 rings (SSSR count). The Morgan fingerprint density at radius 3 is 2.08 bits per heavy atom. The van der Waals surface area contributed by atoms with E-state index in [1.807, 2.05) is 4.90 Å². The number of hydrogen-bond donors (Lipinski definition) is 0. The van der Waals surface area contributed by atoms with Gasteiger partial charge >= 0.3 is 6.03 Å². The van der Waals surface area contributed by atoms with Gasteiger partial charge in [-0.2, -0.15) is 0 Å². The molecule has 0 heterocycles. The highest BCUT2D eigenvalue weighted by molar-refractivity contribution is 5.74. The van der Waals surface area contributed by atoms with Crippen molar-refractivity contribution < 1.29 is 4.79 Å². The lowest BCUT2D eigenvalue weighted by molar-refractivity contribution is 0.153. The van der Waals surface area contributed by atoms with Crippen molar-refractivity contribution in [2.24, 2.45) is 0 Å². The Balaban J connectivity index is 2.58. The minimum atomic E-state index is 0.146. The Labute approximate surface area is 74.3 Å². The molecule has 0 saturated heterocycles. The largest absolute Gasteiger partial charge is 0.331 e. The number of amides is 2. The van der Waals surface area contributed by atoms with E-state index in [0.29, 0.717) is 12.1 Å². The van der Waals surface area contributed by atoms with Crippen molar-refractivity contribution in [3.05, 3.63) is 0 Å². The van der Waals surface area contributed by atoms with Gasteiger partial charge < -0.3 is 9.80 Å². The molecule has 0 bridgehead atoms. The number of hydrogen-bond acceptors (Lipinski definition) is 1. The van der Waals surface area contributed by atoms with Gasteiger partial charge in [-0.25, -0.2) is 4.79 Å². The summed E-state index contributed by atoms with van der Waals surface area (Å²) in [6.07, 6.45) is 2.36. The highest BCUT2D eigenvalue weighted by atomic mass is 16.2. The summed E-state index contributed by atoms with van der Waals surface area (Å²) >= 11 is 0. The van der Waals surface area contributed by atoms with Crippen molar-refractivity contribution in [3.8, 4) is 0 Å². The van der Waals surface area contributed by atoms with Crippen LogP contribution in [0.4, 0.5) is 4.79 Å². The van der Waals surface area contributed by atoms with Gasteiger partial charge in [0.15, 0.2) is 0 Å². The van der Waals surface area contributed by atoms with E-state index in [-0.39, 0.29) is 6.03 Å². The van der Waals surface area contributed by atoms with Crippen LogP contribution in [0.15, 0.2) is 0 Å². The summed E-state index contributed by atoms with van der Waals surface area (Å²) in [5, 5.41) is 0. The third-order valence-electron chi connectivity index (χ3n) is 2.10. The van der Waals surface area contributed by atoms with Gasteiger partial charge in [0.2, 0.25) is 0 Å². The lowest BCUT2D eigenvalue weighted by atomic mass is 10.3. The standard InChI is InChI=1S/C9H18N2O/c1-7(2)11(8-5-6-8)9(12)10(3)4/h7-8H,5-6H2,1-4H3. The zero-order chi connectivity index (χ0) is 9.30. The Kier molecular flexibility index (Phi) is 2.60. The second-order valence-electron chi connectivity index (χ2n) is 3.91. The number of rotatable bonds is 2. The van der Waals surface area contributed by atoms with E-state index < -0.39 is 0 Å². The average Bonchev–Trinajstić information content (AvgIpc) is 2.70. The molecule has 0 unspecified atom stereocenters. The second-order valence-corrected chi connectivity index (χ2v) is 3.91. The molecule has 1 saturated carbocycles. The molecule has 0 aliphatic heterocycles. The summed E-state index contributed by atoms with van der Waals surface area (Å²) in [5.41, 5.74) is 0. The molecule has 70 valence electrons. The quantitative estimate of drug-likeness (QED) is 0.616. The first-order chi connectivity index (χ1) is 5.54. The molecular weight excluding hydrogens is 152 g/mol. The smallest absolute Gasteiger partial charge is 0.319 e.